The van der Waals surface area contributed by atoms with Crippen molar-refractivity contribution < 1.29 is 9.00 Å². The Hall–Kier alpha value is -1.45. The predicted octanol–water partition coefficient (Wildman–Crippen LogP) is 3.64. The molecule has 0 aliphatic heterocycles. The molecule has 1 unspecified atom stereocenters. The first-order chi connectivity index (χ1) is 9.09. The molecule has 0 aromatic heterocycles. The van der Waals surface area contributed by atoms with Crippen LogP contribution in [0.5, 0.6) is 0 Å². The van der Waals surface area contributed by atoms with Crippen LogP contribution in [0.1, 0.15) is 15.9 Å². The van der Waals surface area contributed by atoms with E-state index in [1.165, 1.54) is 0 Å². The molecule has 2 nitrogen and oxygen atoms in total. The molecule has 0 bridgehead atoms. The minimum atomic E-state index is -1.34. The summed E-state index contributed by atoms with van der Waals surface area (Å²) < 4.78 is 12.2. The van der Waals surface area contributed by atoms with E-state index in [1.54, 1.807) is 30.3 Å². The van der Waals surface area contributed by atoms with Crippen LogP contribution in [0.25, 0.3) is 0 Å². The molecule has 0 heterocycles. The Morgan fingerprint density at radius 2 is 1.74 bits per heavy atom. The molecule has 0 aliphatic carbocycles. The Kier molecular flexibility index (Phi) is 4.51. The highest BCUT2D eigenvalue weighted by Crippen LogP contribution is 2.18. The van der Waals surface area contributed by atoms with E-state index in [2.05, 4.69) is 0 Å². The minimum Gasteiger partial charge on any atom is -0.293 e. The SMILES string of the molecule is Cc1ccccc1S(=O)CC(=O)c1ccccc1Cl. The number of rotatable bonds is 4. The Bertz CT molecular complexity index is 582. The highest BCUT2D eigenvalue weighted by Gasteiger charge is 2.15. The molecule has 4 heteroatoms. The van der Waals surface area contributed by atoms with Crippen LogP contribution in [0.4, 0.5) is 0 Å². The average molecular weight is 293 g/mol. The van der Waals surface area contributed by atoms with Crippen LogP contribution in [0, 0.1) is 6.92 Å². The van der Waals surface area contributed by atoms with Crippen LogP contribution in [0.2, 0.25) is 5.02 Å². The molecular formula is C15H13ClO2S. The van der Waals surface area contributed by atoms with E-state index < -0.39 is 10.8 Å². The molecule has 0 spiro atoms. The predicted molar refractivity (Wildman–Crippen MR) is 78.2 cm³/mol. The molecule has 0 amide bonds. The Morgan fingerprint density at radius 1 is 1.11 bits per heavy atom. The van der Waals surface area contributed by atoms with Gasteiger partial charge in [0.25, 0.3) is 0 Å². The van der Waals surface area contributed by atoms with E-state index >= 15 is 0 Å². The number of halogens is 1. The van der Waals surface area contributed by atoms with Gasteiger partial charge < -0.3 is 0 Å². The van der Waals surface area contributed by atoms with Crippen molar-refractivity contribution in [3.63, 3.8) is 0 Å². The van der Waals surface area contributed by atoms with Gasteiger partial charge in [0.15, 0.2) is 5.78 Å². The largest absolute Gasteiger partial charge is 0.293 e. The van der Waals surface area contributed by atoms with E-state index in [9.17, 15) is 9.00 Å². The Labute approximate surface area is 119 Å². The molecule has 19 heavy (non-hydrogen) atoms. The summed E-state index contributed by atoms with van der Waals surface area (Å²) in [6.45, 7) is 1.88. The maximum atomic E-state index is 12.2. The van der Waals surface area contributed by atoms with Gasteiger partial charge in [0, 0.05) is 10.5 Å². The first-order valence-electron chi connectivity index (χ1n) is 5.81. The zero-order valence-corrected chi connectivity index (χ0v) is 12.0. The monoisotopic (exact) mass is 292 g/mol. The molecule has 0 fully saturated rings. The first-order valence-corrected chi connectivity index (χ1v) is 7.51. The maximum absolute atomic E-state index is 12.2. The lowest BCUT2D eigenvalue weighted by Crippen LogP contribution is -2.12. The number of hydrogen-bond acceptors (Lipinski definition) is 2. The summed E-state index contributed by atoms with van der Waals surface area (Å²) in [6.07, 6.45) is 0. The lowest BCUT2D eigenvalue weighted by atomic mass is 10.1. The molecule has 0 saturated carbocycles. The van der Waals surface area contributed by atoms with Gasteiger partial charge in [0.05, 0.1) is 21.6 Å². The fraction of sp³-hybridized carbons (Fsp3) is 0.133. The lowest BCUT2D eigenvalue weighted by Gasteiger charge is -2.06. The number of aryl methyl sites for hydroxylation is 1. The summed E-state index contributed by atoms with van der Waals surface area (Å²) in [6, 6.07) is 14.2. The van der Waals surface area contributed by atoms with Crippen LogP contribution in [-0.2, 0) is 10.8 Å². The molecule has 1 atom stereocenters. The number of carbonyl (C=O) groups is 1. The third kappa shape index (κ3) is 3.31. The normalized spacial score (nSPS) is 12.1. The van der Waals surface area contributed by atoms with E-state index in [-0.39, 0.29) is 11.5 Å². The third-order valence-corrected chi connectivity index (χ3v) is 4.58. The summed E-state index contributed by atoms with van der Waals surface area (Å²) in [5, 5.41) is 0.397. The second-order valence-electron chi connectivity index (χ2n) is 4.16. The molecule has 2 aromatic rings. The van der Waals surface area contributed by atoms with Gasteiger partial charge in [-0.1, -0.05) is 41.9 Å². The van der Waals surface area contributed by atoms with Gasteiger partial charge in [-0.3, -0.25) is 9.00 Å². The van der Waals surface area contributed by atoms with Crippen molar-refractivity contribution in [3.05, 3.63) is 64.7 Å². The number of ketones is 1. The highest BCUT2D eigenvalue weighted by molar-refractivity contribution is 7.85. The van der Waals surface area contributed by atoms with Crippen molar-refractivity contribution in [1.29, 1.82) is 0 Å². The molecule has 0 radical (unpaired) electrons. The van der Waals surface area contributed by atoms with Crippen LogP contribution < -0.4 is 0 Å². The van der Waals surface area contributed by atoms with Gasteiger partial charge in [-0.05, 0) is 30.7 Å². The second-order valence-corrected chi connectivity index (χ2v) is 5.99. The van der Waals surface area contributed by atoms with Crippen molar-refractivity contribution in [3.8, 4) is 0 Å². The summed E-state index contributed by atoms with van der Waals surface area (Å²) in [4.78, 5) is 12.8. The van der Waals surface area contributed by atoms with Crippen molar-refractivity contribution in [2.75, 3.05) is 5.75 Å². The average Bonchev–Trinajstić information content (AvgIpc) is 2.39. The van der Waals surface area contributed by atoms with E-state index in [0.717, 1.165) is 5.56 Å². The van der Waals surface area contributed by atoms with Gasteiger partial charge in [-0.2, -0.15) is 0 Å². The molecule has 2 rings (SSSR count). The summed E-state index contributed by atoms with van der Waals surface area (Å²) >= 11 is 5.96. The lowest BCUT2D eigenvalue weighted by molar-refractivity contribution is 0.102. The van der Waals surface area contributed by atoms with Crippen LogP contribution in [0.3, 0.4) is 0 Å². The molecule has 0 saturated heterocycles. The first kappa shape index (κ1) is 14.0. The zero-order valence-electron chi connectivity index (χ0n) is 10.4. The minimum absolute atomic E-state index is 0.0470. The number of carbonyl (C=O) groups excluding carboxylic acids is 1. The summed E-state index contributed by atoms with van der Waals surface area (Å²) in [7, 11) is -1.34. The summed E-state index contributed by atoms with van der Waals surface area (Å²) in [5.74, 6) is -0.249. The topological polar surface area (TPSA) is 34.1 Å². The van der Waals surface area contributed by atoms with Crippen molar-refractivity contribution in [2.24, 2.45) is 0 Å². The summed E-state index contributed by atoms with van der Waals surface area (Å²) in [5.41, 5.74) is 1.35. The quantitative estimate of drug-likeness (QED) is 0.806. The van der Waals surface area contributed by atoms with Crippen LogP contribution >= 0.6 is 11.6 Å². The molecular weight excluding hydrogens is 280 g/mol. The molecule has 0 N–H and O–H groups in total. The zero-order chi connectivity index (χ0) is 13.8. The molecule has 98 valence electrons. The Morgan fingerprint density at radius 3 is 2.42 bits per heavy atom. The Balaban J connectivity index is 2.19. The fourth-order valence-corrected chi connectivity index (χ4v) is 3.22. The van der Waals surface area contributed by atoms with Gasteiger partial charge in [0.2, 0.25) is 0 Å². The highest BCUT2D eigenvalue weighted by atomic mass is 35.5. The standard InChI is InChI=1S/C15H13ClO2S/c1-11-6-2-5-9-15(11)19(18)10-14(17)12-7-3-4-8-13(12)16/h2-9H,10H2,1H3. The molecule has 2 aromatic carbocycles. The second kappa shape index (κ2) is 6.13. The smallest absolute Gasteiger partial charge is 0.177 e. The number of hydrogen-bond donors (Lipinski definition) is 0. The van der Waals surface area contributed by atoms with Gasteiger partial charge in [-0.15, -0.1) is 0 Å². The van der Waals surface area contributed by atoms with Crippen LogP contribution in [-0.4, -0.2) is 15.7 Å². The maximum Gasteiger partial charge on any atom is 0.177 e. The van der Waals surface area contributed by atoms with Crippen molar-refractivity contribution in [2.45, 2.75) is 11.8 Å². The van der Waals surface area contributed by atoms with E-state index in [1.807, 2.05) is 25.1 Å². The van der Waals surface area contributed by atoms with Crippen LogP contribution in [0.15, 0.2) is 53.4 Å². The number of benzene rings is 2. The fourth-order valence-electron chi connectivity index (χ4n) is 1.77. The van der Waals surface area contributed by atoms with Gasteiger partial charge in [0.1, 0.15) is 0 Å². The molecule has 0 aliphatic rings. The van der Waals surface area contributed by atoms with Crippen molar-refractivity contribution >= 4 is 28.2 Å². The van der Waals surface area contributed by atoms with Gasteiger partial charge >= 0.3 is 0 Å². The van der Waals surface area contributed by atoms with Gasteiger partial charge in [-0.25, -0.2) is 0 Å². The number of Topliss-reactive ketones (excluding diaryl/α,β-unsaturated/α-hetero) is 1. The van der Waals surface area contributed by atoms with E-state index in [4.69, 9.17) is 11.6 Å². The third-order valence-electron chi connectivity index (χ3n) is 2.78. The van der Waals surface area contributed by atoms with E-state index in [0.29, 0.717) is 15.5 Å². The van der Waals surface area contributed by atoms with Crippen molar-refractivity contribution in [1.82, 2.24) is 0 Å².